The van der Waals surface area contributed by atoms with Crippen LogP contribution in [0.4, 0.5) is 4.39 Å². The Bertz CT molecular complexity index is 718. The van der Waals surface area contributed by atoms with E-state index in [9.17, 15) is 18.0 Å². The first-order valence-corrected chi connectivity index (χ1v) is 8.38. The van der Waals surface area contributed by atoms with Gasteiger partial charge in [0.25, 0.3) is 0 Å². The molecule has 0 saturated heterocycles. The van der Waals surface area contributed by atoms with E-state index in [2.05, 4.69) is 4.74 Å². The van der Waals surface area contributed by atoms with Crippen LogP contribution in [-0.2, 0) is 24.2 Å². The van der Waals surface area contributed by atoms with Gasteiger partial charge in [-0.15, -0.1) is 0 Å². The van der Waals surface area contributed by atoms with Gasteiger partial charge in [-0.3, -0.25) is 4.79 Å². The number of ketones is 1. The Labute approximate surface area is 132 Å². The van der Waals surface area contributed by atoms with Crippen LogP contribution in [0.5, 0.6) is 0 Å². The molecule has 1 fully saturated rings. The van der Waals surface area contributed by atoms with Crippen molar-refractivity contribution >= 4 is 33.2 Å². The van der Waals surface area contributed by atoms with E-state index in [1.54, 1.807) is 0 Å². The highest BCUT2D eigenvalue weighted by Crippen LogP contribution is 2.43. The molecule has 1 aromatic carbocycles. The second-order valence-electron chi connectivity index (χ2n) is 5.08. The van der Waals surface area contributed by atoms with Gasteiger partial charge in [-0.05, 0) is 24.6 Å². The van der Waals surface area contributed by atoms with Crippen LogP contribution < -0.4 is 0 Å². The van der Waals surface area contributed by atoms with Crippen LogP contribution in [-0.4, -0.2) is 32.3 Å². The zero-order valence-corrected chi connectivity index (χ0v) is 13.3. The molecule has 1 saturated carbocycles. The van der Waals surface area contributed by atoms with Gasteiger partial charge in [0.15, 0.2) is 0 Å². The van der Waals surface area contributed by atoms with Crippen LogP contribution in [0.3, 0.4) is 0 Å². The zero-order chi connectivity index (χ0) is 16.5. The lowest BCUT2D eigenvalue weighted by atomic mass is 10.0. The minimum atomic E-state index is -4.72. The van der Waals surface area contributed by atoms with E-state index in [1.165, 1.54) is 12.1 Å². The number of rotatable bonds is 4. The smallest absolute Gasteiger partial charge is 0.360 e. The maximum Gasteiger partial charge on any atom is 0.360 e. The summed E-state index contributed by atoms with van der Waals surface area (Å²) in [5, 5.41) is -3.21. The standard InChI is InChI=1S/C14H14ClFO5S/c1-21-13(18)14(16,9-5-6-11(17)7-9)22(19,20)12-4-2-3-10(15)8-12/h2-4,8-9H,5-7H2,1H3. The van der Waals surface area contributed by atoms with Crippen molar-refractivity contribution in [3.8, 4) is 0 Å². The molecule has 5 nitrogen and oxygen atoms in total. The molecular weight excluding hydrogens is 335 g/mol. The largest absolute Gasteiger partial charge is 0.466 e. The quantitative estimate of drug-likeness (QED) is 0.780. The van der Waals surface area contributed by atoms with Crippen molar-refractivity contribution in [3.05, 3.63) is 29.3 Å². The summed E-state index contributed by atoms with van der Waals surface area (Å²) >= 11 is 5.74. The highest BCUT2D eigenvalue weighted by atomic mass is 35.5. The summed E-state index contributed by atoms with van der Waals surface area (Å²) in [6.07, 6.45) is -0.298. The van der Waals surface area contributed by atoms with E-state index in [0.29, 0.717) is 0 Å². The van der Waals surface area contributed by atoms with Crippen molar-refractivity contribution < 1.29 is 27.1 Å². The second-order valence-corrected chi connectivity index (χ2v) is 7.58. The Kier molecular flexibility index (Phi) is 4.58. The van der Waals surface area contributed by atoms with Crippen LogP contribution >= 0.6 is 11.6 Å². The van der Waals surface area contributed by atoms with Gasteiger partial charge in [-0.1, -0.05) is 17.7 Å². The third-order valence-corrected chi connectivity index (χ3v) is 6.12. The fraction of sp³-hybridized carbons (Fsp3) is 0.429. The third kappa shape index (κ3) is 2.63. The molecule has 0 N–H and O–H groups in total. The normalized spacial score (nSPS) is 21.4. The maximum atomic E-state index is 15.4. The summed E-state index contributed by atoms with van der Waals surface area (Å²) < 4.78 is 45.1. The fourth-order valence-corrected chi connectivity index (χ4v) is 4.65. The number of halogens is 2. The number of benzene rings is 1. The molecule has 2 unspecified atom stereocenters. The van der Waals surface area contributed by atoms with E-state index in [1.807, 2.05) is 0 Å². The van der Waals surface area contributed by atoms with Gasteiger partial charge in [-0.2, -0.15) is 0 Å². The summed E-state index contributed by atoms with van der Waals surface area (Å²) in [5.74, 6) is -3.07. The van der Waals surface area contributed by atoms with Gasteiger partial charge in [0.05, 0.1) is 12.0 Å². The number of carbonyl (C=O) groups is 2. The maximum absolute atomic E-state index is 15.4. The molecule has 120 valence electrons. The van der Waals surface area contributed by atoms with Crippen LogP contribution in [0.15, 0.2) is 29.2 Å². The molecule has 0 bridgehead atoms. The number of esters is 1. The first kappa shape index (κ1) is 16.9. The lowest BCUT2D eigenvalue weighted by Crippen LogP contribution is -2.48. The molecule has 0 aromatic heterocycles. The van der Waals surface area contributed by atoms with Gasteiger partial charge in [0, 0.05) is 23.8 Å². The zero-order valence-electron chi connectivity index (χ0n) is 11.7. The van der Waals surface area contributed by atoms with Crippen molar-refractivity contribution in [1.29, 1.82) is 0 Å². The lowest BCUT2D eigenvalue weighted by Gasteiger charge is -2.27. The molecule has 0 heterocycles. The summed E-state index contributed by atoms with van der Waals surface area (Å²) in [6, 6.07) is 4.98. The van der Waals surface area contributed by atoms with E-state index < -0.39 is 31.6 Å². The molecule has 22 heavy (non-hydrogen) atoms. The van der Waals surface area contributed by atoms with E-state index in [-0.39, 0.29) is 30.1 Å². The van der Waals surface area contributed by atoms with E-state index in [4.69, 9.17) is 11.6 Å². The Hall–Kier alpha value is -1.47. The van der Waals surface area contributed by atoms with Crippen molar-refractivity contribution in [2.45, 2.75) is 29.2 Å². The van der Waals surface area contributed by atoms with Gasteiger partial charge in [-0.25, -0.2) is 17.6 Å². The first-order valence-electron chi connectivity index (χ1n) is 6.52. The number of alkyl halides is 1. The molecule has 0 amide bonds. The number of ether oxygens (including phenoxy) is 1. The Morgan fingerprint density at radius 2 is 2.14 bits per heavy atom. The minimum absolute atomic E-state index is 0.0236. The highest BCUT2D eigenvalue weighted by molar-refractivity contribution is 7.93. The summed E-state index contributed by atoms with van der Waals surface area (Å²) in [7, 11) is -3.82. The highest BCUT2D eigenvalue weighted by Gasteiger charge is 2.60. The Balaban J connectivity index is 2.58. The average molecular weight is 349 g/mol. The monoisotopic (exact) mass is 348 g/mol. The van der Waals surface area contributed by atoms with Crippen molar-refractivity contribution in [3.63, 3.8) is 0 Å². The number of Topliss-reactive ketones (excluding diaryl/α,β-unsaturated/α-hetero) is 1. The molecule has 1 aromatic rings. The SMILES string of the molecule is COC(=O)C(F)(C1CCC(=O)C1)S(=O)(=O)c1cccc(Cl)c1. The predicted octanol–water partition coefficient (Wildman–Crippen LogP) is 2.32. The Morgan fingerprint density at radius 3 is 2.64 bits per heavy atom. The summed E-state index contributed by atoms with van der Waals surface area (Å²) in [4.78, 5) is 22.9. The first-order chi connectivity index (χ1) is 10.2. The second kappa shape index (κ2) is 5.96. The van der Waals surface area contributed by atoms with Gasteiger partial charge in [0.2, 0.25) is 9.84 Å². The molecule has 2 atom stereocenters. The predicted molar refractivity (Wildman–Crippen MR) is 76.8 cm³/mol. The molecule has 8 heteroatoms. The molecule has 1 aliphatic rings. The topological polar surface area (TPSA) is 77.5 Å². The van der Waals surface area contributed by atoms with Crippen molar-refractivity contribution in [2.75, 3.05) is 7.11 Å². The van der Waals surface area contributed by atoms with E-state index in [0.717, 1.165) is 19.2 Å². The van der Waals surface area contributed by atoms with E-state index >= 15 is 4.39 Å². The number of methoxy groups -OCH3 is 1. The molecule has 0 spiro atoms. The number of sulfone groups is 1. The Morgan fingerprint density at radius 1 is 1.45 bits per heavy atom. The van der Waals surface area contributed by atoms with Crippen LogP contribution in [0.2, 0.25) is 5.02 Å². The number of hydrogen-bond donors (Lipinski definition) is 0. The van der Waals surface area contributed by atoms with Crippen molar-refractivity contribution in [2.24, 2.45) is 5.92 Å². The average Bonchev–Trinajstić information content (AvgIpc) is 2.92. The fourth-order valence-electron chi connectivity index (χ4n) is 2.57. The van der Waals surface area contributed by atoms with Crippen LogP contribution in [0.1, 0.15) is 19.3 Å². The van der Waals surface area contributed by atoms with Crippen LogP contribution in [0.25, 0.3) is 0 Å². The molecule has 2 rings (SSSR count). The molecular formula is C14H14ClFO5S. The minimum Gasteiger partial charge on any atom is -0.466 e. The van der Waals surface area contributed by atoms with Gasteiger partial charge in [0.1, 0.15) is 5.78 Å². The number of hydrogen-bond acceptors (Lipinski definition) is 5. The summed E-state index contributed by atoms with van der Waals surface area (Å²) in [6.45, 7) is 0. The van der Waals surface area contributed by atoms with Gasteiger partial charge < -0.3 is 4.74 Å². The van der Waals surface area contributed by atoms with Crippen molar-refractivity contribution in [1.82, 2.24) is 0 Å². The molecule has 0 aliphatic heterocycles. The van der Waals surface area contributed by atoms with Gasteiger partial charge >= 0.3 is 11.0 Å². The number of carbonyl (C=O) groups excluding carboxylic acids is 2. The summed E-state index contributed by atoms with van der Waals surface area (Å²) in [5.41, 5.74) is 0. The molecule has 0 radical (unpaired) electrons. The molecule has 1 aliphatic carbocycles. The van der Waals surface area contributed by atoms with Crippen LogP contribution in [0, 0.1) is 5.92 Å². The third-order valence-electron chi connectivity index (χ3n) is 3.73. The lowest BCUT2D eigenvalue weighted by molar-refractivity contribution is -0.151.